The number of morpholine rings is 1. The van der Waals surface area contributed by atoms with Crippen molar-refractivity contribution in [2.45, 2.75) is 26.2 Å². The highest BCUT2D eigenvalue weighted by atomic mass is 32.2. The van der Waals surface area contributed by atoms with Gasteiger partial charge in [0.15, 0.2) is 0 Å². The molecule has 0 atom stereocenters. The summed E-state index contributed by atoms with van der Waals surface area (Å²) in [4.78, 5) is 14.1. The molecule has 22 heavy (non-hydrogen) atoms. The highest BCUT2D eigenvalue weighted by molar-refractivity contribution is 7.88. The molecule has 7 nitrogen and oxygen atoms in total. The van der Waals surface area contributed by atoms with Crippen LogP contribution in [-0.4, -0.2) is 82.3 Å². The van der Waals surface area contributed by atoms with Crippen molar-refractivity contribution in [3.63, 3.8) is 0 Å². The van der Waals surface area contributed by atoms with Gasteiger partial charge < -0.3 is 10.1 Å². The minimum Gasteiger partial charge on any atom is -0.379 e. The zero-order valence-corrected chi connectivity index (χ0v) is 14.5. The second-order valence-electron chi connectivity index (χ2n) is 5.61. The van der Waals surface area contributed by atoms with Gasteiger partial charge in [-0.3, -0.25) is 9.69 Å². The quantitative estimate of drug-likeness (QED) is 0.564. The van der Waals surface area contributed by atoms with Crippen LogP contribution in [0.2, 0.25) is 0 Å². The molecule has 0 aromatic carbocycles. The van der Waals surface area contributed by atoms with Gasteiger partial charge in [0.05, 0.1) is 26.0 Å². The maximum Gasteiger partial charge on any atom is 0.235 e. The third-order valence-electron chi connectivity index (χ3n) is 3.65. The van der Waals surface area contributed by atoms with Gasteiger partial charge in [-0.1, -0.05) is 19.8 Å². The van der Waals surface area contributed by atoms with E-state index in [1.807, 2.05) is 0 Å². The monoisotopic (exact) mass is 335 g/mol. The Morgan fingerprint density at radius 3 is 2.55 bits per heavy atom. The second-order valence-corrected chi connectivity index (χ2v) is 7.59. The average Bonchev–Trinajstić information content (AvgIpc) is 2.46. The summed E-state index contributed by atoms with van der Waals surface area (Å²) in [5.74, 6) is -0.241. The van der Waals surface area contributed by atoms with Crippen LogP contribution >= 0.6 is 0 Å². The van der Waals surface area contributed by atoms with Crippen molar-refractivity contribution in [3.05, 3.63) is 0 Å². The van der Waals surface area contributed by atoms with E-state index in [0.29, 0.717) is 13.1 Å². The van der Waals surface area contributed by atoms with E-state index in [1.54, 1.807) is 0 Å². The minimum atomic E-state index is -3.34. The lowest BCUT2D eigenvalue weighted by Gasteiger charge is -2.26. The van der Waals surface area contributed by atoms with Gasteiger partial charge in [-0.2, -0.15) is 4.31 Å². The smallest absolute Gasteiger partial charge is 0.235 e. The van der Waals surface area contributed by atoms with Gasteiger partial charge in [0.2, 0.25) is 15.9 Å². The highest BCUT2D eigenvalue weighted by Crippen LogP contribution is 2.03. The molecule has 8 heteroatoms. The Labute approximate surface area is 134 Å². The lowest BCUT2D eigenvalue weighted by Crippen LogP contribution is -2.44. The summed E-state index contributed by atoms with van der Waals surface area (Å²) in [6, 6.07) is 0. The van der Waals surface area contributed by atoms with Crippen LogP contribution in [0.25, 0.3) is 0 Å². The molecule has 0 aromatic heterocycles. The predicted molar refractivity (Wildman–Crippen MR) is 86.2 cm³/mol. The van der Waals surface area contributed by atoms with Gasteiger partial charge >= 0.3 is 0 Å². The molecule has 1 saturated heterocycles. The first-order chi connectivity index (χ1) is 10.4. The van der Waals surface area contributed by atoms with Crippen LogP contribution in [0.1, 0.15) is 26.2 Å². The maximum absolute atomic E-state index is 11.9. The van der Waals surface area contributed by atoms with Gasteiger partial charge in [0, 0.05) is 32.7 Å². The van der Waals surface area contributed by atoms with Crippen molar-refractivity contribution in [2.24, 2.45) is 0 Å². The van der Waals surface area contributed by atoms with Crippen LogP contribution in [0.5, 0.6) is 0 Å². The Morgan fingerprint density at radius 1 is 1.27 bits per heavy atom. The molecule has 1 amide bonds. The molecule has 0 bridgehead atoms. The molecule has 1 N–H and O–H groups in total. The van der Waals surface area contributed by atoms with Crippen molar-refractivity contribution in [3.8, 4) is 0 Å². The molecule has 0 spiro atoms. The number of nitrogens with zero attached hydrogens (tertiary/aromatic N) is 2. The molecular formula is C14H29N3O4S. The molecule has 0 radical (unpaired) electrons. The third-order valence-corrected chi connectivity index (χ3v) is 4.90. The molecule has 130 valence electrons. The van der Waals surface area contributed by atoms with Crippen LogP contribution in [-0.2, 0) is 19.6 Å². The Morgan fingerprint density at radius 2 is 1.95 bits per heavy atom. The lowest BCUT2D eigenvalue weighted by molar-refractivity contribution is -0.121. The zero-order chi connectivity index (χ0) is 16.4. The number of amides is 1. The summed E-state index contributed by atoms with van der Waals surface area (Å²) in [5.41, 5.74) is 0. The number of rotatable bonds is 10. The van der Waals surface area contributed by atoms with Crippen molar-refractivity contribution in [2.75, 3.05) is 58.7 Å². The van der Waals surface area contributed by atoms with Gasteiger partial charge in [-0.05, 0) is 6.42 Å². The standard InChI is InChI=1S/C14H29N3O4S/c1-3-4-5-7-17(22(2,19)20)13-14(18)15-6-8-16-9-11-21-12-10-16/h3-13H2,1-2H3,(H,15,18). The fourth-order valence-electron chi connectivity index (χ4n) is 2.29. The van der Waals surface area contributed by atoms with Gasteiger partial charge in [0.1, 0.15) is 0 Å². The maximum atomic E-state index is 11.9. The largest absolute Gasteiger partial charge is 0.379 e. The molecule has 1 rings (SSSR count). The van der Waals surface area contributed by atoms with E-state index in [4.69, 9.17) is 4.74 Å². The Balaban J connectivity index is 2.29. The van der Waals surface area contributed by atoms with Crippen LogP contribution in [0, 0.1) is 0 Å². The van der Waals surface area contributed by atoms with Crippen LogP contribution in [0.15, 0.2) is 0 Å². The van der Waals surface area contributed by atoms with Crippen LogP contribution < -0.4 is 5.32 Å². The number of carbonyl (C=O) groups excluding carboxylic acids is 1. The topological polar surface area (TPSA) is 79.0 Å². The number of ether oxygens (including phenoxy) is 1. The van der Waals surface area contributed by atoms with Gasteiger partial charge in [-0.15, -0.1) is 0 Å². The zero-order valence-electron chi connectivity index (χ0n) is 13.7. The summed E-state index contributed by atoms with van der Waals surface area (Å²) >= 11 is 0. The first-order valence-corrected chi connectivity index (χ1v) is 9.80. The molecule has 0 saturated carbocycles. The van der Waals surface area contributed by atoms with Crippen molar-refractivity contribution in [1.82, 2.24) is 14.5 Å². The first-order valence-electron chi connectivity index (χ1n) is 7.95. The molecule has 1 fully saturated rings. The SMILES string of the molecule is CCCCCN(CC(=O)NCCN1CCOCC1)S(C)(=O)=O. The number of nitrogens with one attached hydrogen (secondary N) is 1. The molecule has 0 aliphatic carbocycles. The van der Waals surface area contributed by atoms with Crippen molar-refractivity contribution < 1.29 is 17.9 Å². The van der Waals surface area contributed by atoms with Gasteiger partial charge in [-0.25, -0.2) is 8.42 Å². The van der Waals surface area contributed by atoms with Crippen LogP contribution in [0.4, 0.5) is 0 Å². The molecule has 1 heterocycles. The first kappa shape index (κ1) is 19.3. The van der Waals surface area contributed by atoms with Crippen molar-refractivity contribution >= 4 is 15.9 Å². The lowest BCUT2D eigenvalue weighted by atomic mass is 10.2. The van der Waals surface area contributed by atoms with E-state index in [2.05, 4.69) is 17.1 Å². The molecule has 0 aromatic rings. The average molecular weight is 335 g/mol. The van der Waals surface area contributed by atoms with E-state index < -0.39 is 10.0 Å². The Hall–Kier alpha value is -0.700. The highest BCUT2D eigenvalue weighted by Gasteiger charge is 2.19. The Kier molecular flexibility index (Phi) is 8.92. The fraction of sp³-hybridized carbons (Fsp3) is 0.929. The number of hydrogen-bond donors (Lipinski definition) is 1. The van der Waals surface area contributed by atoms with E-state index in [-0.39, 0.29) is 12.5 Å². The fourth-order valence-corrected chi connectivity index (χ4v) is 3.11. The van der Waals surface area contributed by atoms with E-state index in [1.165, 1.54) is 4.31 Å². The predicted octanol–water partition coefficient (Wildman–Crippen LogP) is -0.113. The van der Waals surface area contributed by atoms with Gasteiger partial charge in [0.25, 0.3) is 0 Å². The number of carbonyl (C=O) groups is 1. The van der Waals surface area contributed by atoms with E-state index >= 15 is 0 Å². The molecule has 1 aliphatic heterocycles. The summed E-state index contributed by atoms with van der Waals surface area (Å²) in [5, 5.41) is 2.80. The summed E-state index contributed by atoms with van der Waals surface area (Å²) in [6.07, 6.45) is 3.92. The number of sulfonamides is 1. The number of hydrogen-bond acceptors (Lipinski definition) is 5. The van der Waals surface area contributed by atoms with Crippen LogP contribution in [0.3, 0.4) is 0 Å². The molecular weight excluding hydrogens is 306 g/mol. The minimum absolute atomic E-state index is 0.0916. The molecule has 0 unspecified atom stereocenters. The third kappa shape index (κ3) is 8.07. The summed E-state index contributed by atoms with van der Waals surface area (Å²) in [6.45, 7) is 6.89. The molecule has 1 aliphatic rings. The second kappa shape index (κ2) is 10.1. The van der Waals surface area contributed by atoms with E-state index in [0.717, 1.165) is 58.4 Å². The van der Waals surface area contributed by atoms with Crippen molar-refractivity contribution in [1.29, 1.82) is 0 Å². The summed E-state index contributed by atoms with van der Waals surface area (Å²) in [7, 11) is -3.34. The summed E-state index contributed by atoms with van der Waals surface area (Å²) < 4.78 is 29.9. The van der Waals surface area contributed by atoms with E-state index in [9.17, 15) is 13.2 Å². The number of unbranched alkanes of at least 4 members (excludes halogenated alkanes) is 2. The Bertz CT molecular complexity index is 422. The normalized spacial score (nSPS) is 16.9.